The van der Waals surface area contributed by atoms with Crippen LogP contribution < -0.4 is 10.2 Å². The number of hydrogen-bond donors (Lipinski definition) is 1. The second kappa shape index (κ2) is 6.67. The highest BCUT2D eigenvalue weighted by Gasteiger charge is 2.08. The number of methoxy groups -OCH3 is 1. The first kappa shape index (κ1) is 14.0. The molecular weight excluding hydrogens is 375 g/mol. The van der Waals surface area contributed by atoms with Crippen molar-refractivity contribution in [2.75, 3.05) is 7.11 Å². The number of carbonyl (C=O) groups excluding carboxylic acids is 1. The van der Waals surface area contributed by atoms with Gasteiger partial charge in [0.1, 0.15) is 5.75 Å². The molecule has 2 rings (SSSR count). The number of amides is 1. The molecule has 0 fully saturated rings. The summed E-state index contributed by atoms with van der Waals surface area (Å²) >= 11 is 3.71. The van der Waals surface area contributed by atoms with Gasteiger partial charge in [-0.2, -0.15) is 5.10 Å². The number of nitrogens with zero attached hydrogens (tertiary/aromatic N) is 1. The van der Waals surface area contributed by atoms with Gasteiger partial charge in [-0.1, -0.05) is 6.07 Å². The molecule has 1 heterocycles. The Hall–Kier alpha value is -1.41. The standard InChI is InChI=1S/C13H11IN2O2S/c1-18-12-7-9(4-5-11(12)14)13(17)16-15-8-10-3-2-6-19-10/h2-8H,1H3,(H,16,17)/b15-8+. The maximum atomic E-state index is 11.9. The van der Waals surface area contributed by atoms with E-state index in [-0.39, 0.29) is 5.91 Å². The lowest BCUT2D eigenvalue weighted by atomic mass is 10.2. The Morgan fingerprint density at radius 3 is 3.00 bits per heavy atom. The Kier molecular flexibility index (Phi) is 4.92. The van der Waals surface area contributed by atoms with Gasteiger partial charge in [0.25, 0.3) is 5.91 Å². The number of rotatable bonds is 4. The van der Waals surface area contributed by atoms with Gasteiger partial charge in [0.15, 0.2) is 0 Å². The van der Waals surface area contributed by atoms with Crippen molar-refractivity contribution >= 4 is 46.0 Å². The molecule has 0 bridgehead atoms. The van der Waals surface area contributed by atoms with Crippen molar-refractivity contribution in [3.63, 3.8) is 0 Å². The van der Waals surface area contributed by atoms with Crippen LogP contribution in [0, 0.1) is 3.57 Å². The molecule has 2 aromatic rings. The summed E-state index contributed by atoms with van der Waals surface area (Å²) in [5, 5.41) is 5.86. The Balaban J connectivity index is 2.04. The summed E-state index contributed by atoms with van der Waals surface area (Å²) in [5.74, 6) is 0.415. The first-order valence-electron chi connectivity index (χ1n) is 5.41. The smallest absolute Gasteiger partial charge is 0.271 e. The molecule has 1 aromatic carbocycles. The van der Waals surface area contributed by atoms with Gasteiger partial charge >= 0.3 is 0 Å². The molecule has 0 saturated heterocycles. The van der Waals surface area contributed by atoms with E-state index in [0.717, 1.165) is 8.45 Å². The fourth-order valence-electron chi connectivity index (χ4n) is 1.38. The van der Waals surface area contributed by atoms with E-state index in [1.54, 1.807) is 36.8 Å². The van der Waals surface area contributed by atoms with Crippen LogP contribution in [0.25, 0.3) is 0 Å². The number of hydrogen-bond acceptors (Lipinski definition) is 4. The zero-order valence-electron chi connectivity index (χ0n) is 10.1. The summed E-state index contributed by atoms with van der Waals surface area (Å²) in [7, 11) is 1.58. The summed E-state index contributed by atoms with van der Waals surface area (Å²) in [5.41, 5.74) is 3.00. The zero-order valence-corrected chi connectivity index (χ0v) is 13.1. The fourth-order valence-corrected chi connectivity index (χ4v) is 2.53. The van der Waals surface area contributed by atoms with Gasteiger partial charge in [0, 0.05) is 10.4 Å². The highest BCUT2D eigenvalue weighted by atomic mass is 127. The molecule has 0 atom stereocenters. The normalized spacial score (nSPS) is 10.6. The minimum absolute atomic E-state index is 0.262. The molecule has 98 valence electrons. The molecule has 0 aliphatic heterocycles. The van der Waals surface area contributed by atoms with E-state index in [9.17, 15) is 4.79 Å². The van der Waals surface area contributed by atoms with Crippen LogP contribution in [0.1, 0.15) is 15.2 Å². The third kappa shape index (κ3) is 3.77. The molecule has 6 heteroatoms. The van der Waals surface area contributed by atoms with Crippen molar-refractivity contribution in [2.45, 2.75) is 0 Å². The van der Waals surface area contributed by atoms with E-state index >= 15 is 0 Å². The molecule has 1 N–H and O–H groups in total. The quantitative estimate of drug-likeness (QED) is 0.499. The monoisotopic (exact) mass is 386 g/mol. The highest BCUT2D eigenvalue weighted by molar-refractivity contribution is 14.1. The lowest BCUT2D eigenvalue weighted by Gasteiger charge is -2.05. The average molecular weight is 386 g/mol. The first-order valence-corrected chi connectivity index (χ1v) is 7.37. The van der Waals surface area contributed by atoms with Crippen LogP contribution in [0.4, 0.5) is 0 Å². The Bertz CT molecular complexity index is 597. The summed E-state index contributed by atoms with van der Waals surface area (Å²) in [6.07, 6.45) is 1.62. The summed E-state index contributed by atoms with van der Waals surface area (Å²) < 4.78 is 6.13. The van der Waals surface area contributed by atoms with Crippen molar-refractivity contribution in [2.24, 2.45) is 5.10 Å². The van der Waals surface area contributed by atoms with Gasteiger partial charge in [-0.25, -0.2) is 5.43 Å². The third-order valence-electron chi connectivity index (χ3n) is 2.31. The number of thiophene rings is 1. The highest BCUT2D eigenvalue weighted by Crippen LogP contribution is 2.21. The van der Waals surface area contributed by atoms with E-state index in [4.69, 9.17) is 4.74 Å². The van der Waals surface area contributed by atoms with E-state index in [1.165, 1.54) is 0 Å². The van der Waals surface area contributed by atoms with Gasteiger partial charge in [-0.3, -0.25) is 4.79 Å². The van der Waals surface area contributed by atoms with Crippen molar-refractivity contribution in [3.05, 3.63) is 49.7 Å². The third-order valence-corrected chi connectivity index (χ3v) is 4.01. The Morgan fingerprint density at radius 1 is 1.47 bits per heavy atom. The number of ether oxygens (including phenoxy) is 1. The second-order valence-electron chi connectivity index (χ2n) is 3.56. The number of halogens is 1. The molecular formula is C13H11IN2O2S. The average Bonchev–Trinajstić information content (AvgIpc) is 2.92. The van der Waals surface area contributed by atoms with Crippen LogP contribution in [-0.2, 0) is 0 Å². The van der Waals surface area contributed by atoms with Gasteiger partial charge < -0.3 is 4.74 Å². The number of hydrazone groups is 1. The second-order valence-corrected chi connectivity index (χ2v) is 5.71. The summed E-state index contributed by atoms with van der Waals surface area (Å²) in [4.78, 5) is 12.9. The van der Waals surface area contributed by atoms with Gasteiger partial charge in [0.05, 0.1) is 16.9 Å². The van der Waals surface area contributed by atoms with E-state index in [0.29, 0.717) is 11.3 Å². The molecule has 0 spiro atoms. The van der Waals surface area contributed by atoms with Crippen molar-refractivity contribution in [1.82, 2.24) is 5.43 Å². The van der Waals surface area contributed by atoms with Crippen LogP contribution in [0.15, 0.2) is 40.8 Å². The lowest BCUT2D eigenvalue weighted by molar-refractivity contribution is 0.0955. The van der Waals surface area contributed by atoms with Crippen LogP contribution in [0.3, 0.4) is 0 Å². The maximum Gasteiger partial charge on any atom is 0.271 e. The van der Waals surface area contributed by atoms with Crippen LogP contribution in [0.2, 0.25) is 0 Å². The number of nitrogens with one attached hydrogen (secondary N) is 1. The fraction of sp³-hybridized carbons (Fsp3) is 0.0769. The molecule has 1 aromatic heterocycles. The molecule has 0 aliphatic rings. The largest absolute Gasteiger partial charge is 0.496 e. The van der Waals surface area contributed by atoms with Gasteiger partial charge in [-0.05, 0) is 52.2 Å². The minimum Gasteiger partial charge on any atom is -0.496 e. The van der Waals surface area contributed by atoms with Crippen molar-refractivity contribution < 1.29 is 9.53 Å². The number of carbonyl (C=O) groups is 1. The predicted octanol–water partition coefficient (Wildman–Crippen LogP) is 3.13. The molecule has 0 unspecified atom stereocenters. The maximum absolute atomic E-state index is 11.9. The molecule has 19 heavy (non-hydrogen) atoms. The molecule has 0 saturated carbocycles. The van der Waals surface area contributed by atoms with E-state index < -0.39 is 0 Å². The first-order chi connectivity index (χ1) is 9.20. The molecule has 4 nitrogen and oxygen atoms in total. The topological polar surface area (TPSA) is 50.7 Å². The van der Waals surface area contributed by atoms with Crippen molar-refractivity contribution in [3.8, 4) is 5.75 Å². The van der Waals surface area contributed by atoms with Gasteiger partial charge in [-0.15, -0.1) is 11.3 Å². The minimum atomic E-state index is -0.262. The molecule has 0 aliphatic carbocycles. The van der Waals surface area contributed by atoms with Crippen LogP contribution in [0.5, 0.6) is 5.75 Å². The summed E-state index contributed by atoms with van der Waals surface area (Å²) in [6.45, 7) is 0. The van der Waals surface area contributed by atoms with E-state index in [2.05, 4.69) is 33.1 Å². The van der Waals surface area contributed by atoms with E-state index in [1.807, 2.05) is 23.6 Å². The number of benzene rings is 1. The molecule has 0 radical (unpaired) electrons. The van der Waals surface area contributed by atoms with Crippen LogP contribution in [-0.4, -0.2) is 19.2 Å². The molecule has 1 amide bonds. The summed E-state index contributed by atoms with van der Waals surface area (Å²) in [6, 6.07) is 9.11. The Morgan fingerprint density at radius 2 is 2.32 bits per heavy atom. The zero-order chi connectivity index (χ0) is 13.7. The lowest BCUT2D eigenvalue weighted by Crippen LogP contribution is -2.17. The van der Waals surface area contributed by atoms with Crippen molar-refractivity contribution in [1.29, 1.82) is 0 Å². The SMILES string of the molecule is COc1cc(C(=O)N/N=C/c2cccs2)ccc1I. The van der Waals surface area contributed by atoms with Crippen LogP contribution >= 0.6 is 33.9 Å². The Labute approximate surface area is 128 Å². The van der Waals surface area contributed by atoms with Gasteiger partial charge in [0.2, 0.25) is 0 Å². The predicted molar refractivity (Wildman–Crippen MR) is 85.1 cm³/mol.